The fourth-order valence-electron chi connectivity index (χ4n) is 5.48. The third kappa shape index (κ3) is 5.93. The molecular weight excluding hydrogens is 644 g/mol. The van der Waals surface area contributed by atoms with Crippen molar-refractivity contribution in [1.29, 1.82) is 0 Å². The Bertz CT molecular complexity index is 1970. The molecule has 6 N–H and O–H groups in total. The van der Waals surface area contributed by atoms with E-state index in [9.17, 15) is 23.5 Å². The third-order valence-corrected chi connectivity index (χ3v) is 9.03. The van der Waals surface area contributed by atoms with E-state index in [1.54, 1.807) is 37.3 Å². The Hall–Kier alpha value is -5.07. The van der Waals surface area contributed by atoms with Crippen molar-refractivity contribution in [1.82, 2.24) is 10.3 Å². The lowest BCUT2D eigenvalue weighted by Gasteiger charge is -2.30. The van der Waals surface area contributed by atoms with Gasteiger partial charge in [-0.3, -0.25) is 14.6 Å². The van der Waals surface area contributed by atoms with E-state index in [1.165, 1.54) is 49.7 Å². The van der Waals surface area contributed by atoms with Crippen molar-refractivity contribution >= 4 is 35.3 Å². The van der Waals surface area contributed by atoms with E-state index in [4.69, 9.17) is 37.5 Å². The first-order chi connectivity index (χ1) is 22.8. The van der Waals surface area contributed by atoms with Crippen LogP contribution in [0.1, 0.15) is 52.5 Å². The van der Waals surface area contributed by atoms with Crippen LogP contribution < -0.4 is 26.3 Å². The molecule has 1 aliphatic carbocycles. The average molecular weight is 676 g/mol. The topological polar surface area (TPSA) is 162 Å². The number of carbonyl (C=O) groups excluding carboxylic acids is 2. The number of alkyl halides is 1. The van der Waals surface area contributed by atoms with Gasteiger partial charge >= 0.3 is 0 Å². The maximum atomic E-state index is 14.2. The number of fused-ring (bicyclic) bond motifs is 1. The summed E-state index contributed by atoms with van der Waals surface area (Å²) in [6.07, 6.45) is 1.88. The molecule has 10 nitrogen and oxygen atoms in total. The largest absolute Gasteiger partial charge is 0.495 e. The molecule has 1 aliphatic heterocycles. The number of hydrogen-bond acceptors (Lipinski definition) is 8. The van der Waals surface area contributed by atoms with Crippen LogP contribution in [0.2, 0.25) is 5.02 Å². The molecule has 13 heteroatoms. The minimum atomic E-state index is -1.99. The number of ether oxygens (including phenoxy) is 2. The van der Waals surface area contributed by atoms with Crippen molar-refractivity contribution in [3.05, 3.63) is 106 Å². The van der Waals surface area contributed by atoms with E-state index in [1.807, 2.05) is 0 Å². The minimum absolute atomic E-state index is 0.0431. The first kappa shape index (κ1) is 32.9. The van der Waals surface area contributed by atoms with E-state index < -0.39 is 41.0 Å². The number of nitrogens with two attached hydrogens (primary N) is 2. The Morgan fingerprint density at radius 1 is 1.19 bits per heavy atom. The SMILES string of the molecule is COc1cc(C(=O)NCC(O)(c2ccccc2)c2cc3c(c(-c4ccc(F)c(Cl)c4)n2)OC[C@]3(C)C(N)=O)cc(/C=N/C2(F)CC2)c1N. The standard InChI is InChI=1S/C35H32ClF2N5O5/c1-33(32(40)45)18-48-30-23(33)15-27(43-29(30)19-8-9-25(37)24(36)13-19)35(46,22-6-4-3-5-7-22)17-41-31(44)20-12-21(16-42-34(38)10-11-34)28(39)26(14-20)47-2/h3-9,12-16,46H,10-11,17-18,39H2,1-2H3,(H2,40,45)(H,41,44)/b42-16+/t33-,35?/m0/s1. The number of methoxy groups -OCH3 is 1. The van der Waals surface area contributed by atoms with Crippen LogP contribution >= 0.6 is 11.6 Å². The first-order valence-corrected chi connectivity index (χ1v) is 15.4. The second-order valence-electron chi connectivity index (χ2n) is 12.1. The smallest absolute Gasteiger partial charge is 0.251 e. The molecule has 2 heterocycles. The number of carbonyl (C=O) groups is 2. The molecule has 1 saturated carbocycles. The molecule has 48 heavy (non-hydrogen) atoms. The number of amides is 2. The van der Waals surface area contributed by atoms with Crippen molar-refractivity contribution in [3.63, 3.8) is 0 Å². The van der Waals surface area contributed by atoms with Crippen LogP contribution in [0.5, 0.6) is 11.5 Å². The van der Waals surface area contributed by atoms with Crippen molar-refractivity contribution in [2.45, 2.75) is 36.6 Å². The highest BCUT2D eigenvalue weighted by molar-refractivity contribution is 6.31. The highest BCUT2D eigenvalue weighted by Gasteiger charge is 2.46. The van der Waals surface area contributed by atoms with Gasteiger partial charge in [0.1, 0.15) is 40.6 Å². The summed E-state index contributed by atoms with van der Waals surface area (Å²) in [5.74, 6) is -3.16. The Kier molecular flexibility index (Phi) is 8.34. The molecule has 0 saturated heterocycles. The predicted molar refractivity (Wildman–Crippen MR) is 177 cm³/mol. The van der Waals surface area contributed by atoms with Gasteiger partial charge < -0.3 is 31.4 Å². The molecule has 1 aromatic heterocycles. The van der Waals surface area contributed by atoms with Gasteiger partial charge in [0.15, 0.2) is 5.79 Å². The van der Waals surface area contributed by atoms with Crippen molar-refractivity contribution < 1.29 is 33.0 Å². The first-order valence-electron chi connectivity index (χ1n) is 15.0. The van der Waals surface area contributed by atoms with Gasteiger partial charge in [-0.15, -0.1) is 0 Å². The Labute approximate surface area is 279 Å². The van der Waals surface area contributed by atoms with Crippen LogP contribution in [0.25, 0.3) is 11.3 Å². The van der Waals surface area contributed by atoms with Gasteiger partial charge in [0, 0.05) is 41.3 Å². The lowest BCUT2D eigenvalue weighted by molar-refractivity contribution is -0.123. The summed E-state index contributed by atoms with van der Waals surface area (Å²) < 4.78 is 39.7. The number of pyridine rings is 1. The average Bonchev–Trinajstić information content (AvgIpc) is 3.72. The predicted octanol–water partition coefficient (Wildman–Crippen LogP) is 4.81. The van der Waals surface area contributed by atoms with Crippen molar-refractivity contribution in [2.24, 2.45) is 10.7 Å². The number of aliphatic hydroxyl groups is 1. The second kappa shape index (κ2) is 12.2. The van der Waals surface area contributed by atoms with Crippen LogP contribution in [-0.4, -0.2) is 54.2 Å². The zero-order chi connectivity index (χ0) is 34.4. The van der Waals surface area contributed by atoms with Crippen LogP contribution in [0.4, 0.5) is 14.5 Å². The zero-order valence-corrected chi connectivity index (χ0v) is 26.8. The summed E-state index contributed by atoms with van der Waals surface area (Å²) in [6, 6.07) is 16.9. The van der Waals surface area contributed by atoms with Gasteiger partial charge in [-0.1, -0.05) is 41.9 Å². The summed E-state index contributed by atoms with van der Waals surface area (Å²) in [6.45, 7) is 1.11. The monoisotopic (exact) mass is 675 g/mol. The number of hydrogen-bond donors (Lipinski definition) is 4. The van der Waals surface area contributed by atoms with Gasteiger partial charge in [-0.25, -0.2) is 13.8 Å². The number of nitrogen functional groups attached to an aromatic ring is 1. The summed E-state index contributed by atoms with van der Waals surface area (Å²) in [4.78, 5) is 35.1. The number of aliphatic imine (C=N–C) groups is 1. The molecule has 2 aliphatic rings. The maximum Gasteiger partial charge on any atom is 0.251 e. The fourth-order valence-corrected chi connectivity index (χ4v) is 5.66. The number of nitrogens with one attached hydrogen (secondary N) is 1. The Morgan fingerprint density at radius 2 is 1.92 bits per heavy atom. The third-order valence-electron chi connectivity index (χ3n) is 8.74. The molecular formula is C35H32ClF2N5O5. The Morgan fingerprint density at radius 3 is 2.56 bits per heavy atom. The highest BCUT2D eigenvalue weighted by atomic mass is 35.5. The van der Waals surface area contributed by atoms with Gasteiger partial charge in [-0.05, 0) is 48.9 Å². The van der Waals surface area contributed by atoms with Crippen LogP contribution in [-0.2, 0) is 15.8 Å². The number of aromatic nitrogens is 1. The number of anilines is 1. The quantitative estimate of drug-likeness (QED) is 0.107. The number of primary amides is 1. The van der Waals surface area contributed by atoms with E-state index >= 15 is 0 Å². The molecule has 0 bridgehead atoms. The minimum Gasteiger partial charge on any atom is -0.495 e. The zero-order valence-electron chi connectivity index (χ0n) is 26.0. The molecule has 2 atom stereocenters. The number of benzene rings is 3. The summed E-state index contributed by atoms with van der Waals surface area (Å²) in [7, 11) is 1.38. The molecule has 248 valence electrons. The van der Waals surface area contributed by atoms with E-state index in [-0.39, 0.29) is 51.3 Å². The lowest BCUT2D eigenvalue weighted by atomic mass is 9.80. The van der Waals surface area contributed by atoms with Gasteiger partial charge in [0.05, 0.1) is 30.1 Å². The highest BCUT2D eigenvalue weighted by Crippen LogP contribution is 2.47. The van der Waals surface area contributed by atoms with E-state index in [0.717, 1.165) is 0 Å². The number of rotatable bonds is 10. The van der Waals surface area contributed by atoms with Gasteiger partial charge in [0.2, 0.25) is 5.91 Å². The molecule has 2 amide bonds. The molecule has 1 unspecified atom stereocenters. The lowest BCUT2D eigenvalue weighted by Crippen LogP contribution is -2.43. The van der Waals surface area contributed by atoms with Gasteiger partial charge in [0.25, 0.3) is 5.91 Å². The molecule has 6 rings (SSSR count). The van der Waals surface area contributed by atoms with Crippen LogP contribution in [0, 0.1) is 5.82 Å². The van der Waals surface area contributed by atoms with Gasteiger partial charge in [-0.2, -0.15) is 0 Å². The molecule has 3 aromatic carbocycles. The van der Waals surface area contributed by atoms with Crippen molar-refractivity contribution in [2.75, 3.05) is 26.0 Å². The van der Waals surface area contributed by atoms with E-state index in [0.29, 0.717) is 29.5 Å². The van der Waals surface area contributed by atoms with Crippen LogP contribution in [0.3, 0.4) is 0 Å². The Balaban J connectivity index is 1.44. The fraction of sp³-hybridized carbons (Fsp3) is 0.257. The molecule has 1 fully saturated rings. The summed E-state index contributed by atoms with van der Waals surface area (Å²) in [5, 5.41) is 15.1. The normalized spacial score (nSPS) is 18.9. The van der Waals surface area contributed by atoms with Crippen LogP contribution in [0.15, 0.2) is 71.7 Å². The molecule has 0 spiro atoms. The molecule has 4 aromatic rings. The van der Waals surface area contributed by atoms with Crippen molar-refractivity contribution in [3.8, 4) is 22.8 Å². The summed E-state index contributed by atoms with van der Waals surface area (Å²) in [5.41, 5.74) is 10.6. The number of nitrogens with zero attached hydrogens (tertiary/aromatic N) is 2. The second-order valence-corrected chi connectivity index (χ2v) is 12.5. The van der Waals surface area contributed by atoms with E-state index in [2.05, 4.69) is 10.3 Å². The molecule has 0 radical (unpaired) electrons. The number of halogens is 3. The maximum absolute atomic E-state index is 14.2. The summed E-state index contributed by atoms with van der Waals surface area (Å²) >= 11 is 6.12.